The molecule has 0 aliphatic carbocycles. The molecule has 2 rings (SSSR count). The first-order valence-electron chi connectivity index (χ1n) is 5.59. The number of benzene rings is 1. The van der Waals surface area contributed by atoms with Crippen LogP contribution in [0.5, 0.6) is 0 Å². The summed E-state index contributed by atoms with van der Waals surface area (Å²) in [6.07, 6.45) is 4.02. The molecule has 0 amide bonds. The van der Waals surface area contributed by atoms with Crippen molar-refractivity contribution in [2.24, 2.45) is 7.05 Å². The highest BCUT2D eigenvalue weighted by Crippen LogP contribution is 2.21. The molecule has 0 saturated carbocycles. The molecule has 1 N–H and O–H groups in total. The van der Waals surface area contributed by atoms with Crippen LogP contribution in [0, 0.1) is 0 Å². The maximum atomic E-state index is 4.31. The molecule has 0 spiro atoms. The van der Waals surface area contributed by atoms with Crippen LogP contribution in [0.4, 0.5) is 5.82 Å². The SMILES string of the molecule is CSc1ccc(C(C)Nc2ccn(C)n2)cc1. The normalized spacial score (nSPS) is 12.4. The largest absolute Gasteiger partial charge is 0.362 e. The quantitative estimate of drug-likeness (QED) is 0.841. The Hall–Kier alpha value is -1.42. The molecule has 1 aromatic heterocycles. The molecule has 0 radical (unpaired) electrons. The standard InChI is InChI=1S/C13H17N3S/c1-10(14-13-8-9-16(2)15-13)11-4-6-12(17-3)7-5-11/h4-10H,1-3H3,(H,14,15). The third kappa shape index (κ3) is 3.03. The van der Waals surface area contributed by atoms with Crippen LogP contribution in [0.15, 0.2) is 41.4 Å². The van der Waals surface area contributed by atoms with Gasteiger partial charge in [-0.05, 0) is 30.9 Å². The minimum absolute atomic E-state index is 0.265. The number of hydrogen-bond acceptors (Lipinski definition) is 3. The zero-order valence-corrected chi connectivity index (χ0v) is 11.2. The van der Waals surface area contributed by atoms with Gasteiger partial charge < -0.3 is 5.32 Å². The highest BCUT2D eigenvalue weighted by molar-refractivity contribution is 7.98. The summed E-state index contributed by atoms with van der Waals surface area (Å²) < 4.78 is 1.80. The molecule has 0 saturated heterocycles. The molecule has 1 heterocycles. The predicted molar refractivity (Wildman–Crippen MR) is 73.5 cm³/mol. The van der Waals surface area contributed by atoms with Gasteiger partial charge in [-0.3, -0.25) is 4.68 Å². The lowest BCUT2D eigenvalue weighted by Crippen LogP contribution is -2.07. The fourth-order valence-corrected chi connectivity index (χ4v) is 2.10. The Labute approximate surface area is 106 Å². The van der Waals surface area contributed by atoms with Crippen LogP contribution >= 0.6 is 11.8 Å². The lowest BCUT2D eigenvalue weighted by atomic mass is 10.1. The van der Waals surface area contributed by atoms with Gasteiger partial charge in [0.1, 0.15) is 5.82 Å². The second-order valence-electron chi connectivity index (χ2n) is 4.01. The first kappa shape index (κ1) is 12.0. The summed E-state index contributed by atoms with van der Waals surface area (Å²) >= 11 is 1.76. The van der Waals surface area contributed by atoms with Crippen LogP contribution in [0.1, 0.15) is 18.5 Å². The highest BCUT2D eigenvalue weighted by atomic mass is 32.2. The summed E-state index contributed by atoms with van der Waals surface area (Å²) in [5.74, 6) is 0.911. The van der Waals surface area contributed by atoms with Crippen molar-refractivity contribution in [2.75, 3.05) is 11.6 Å². The van der Waals surface area contributed by atoms with Crippen LogP contribution in [0.25, 0.3) is 0 Å². The van der Waals surface area contributed by atoms with Gasteiger partial charge in [0, 0.05) is 30.2 Å². The lowest BCUT2D eigenvalue weighted by molar-refractivity contribution is 0.760. The molecule has 1 atom stereocenters. The molecule has 4 heteroatoms. The number of aryl methyl sites for hydroxylation is 1. The van der Waals surface area contributed by atoms with Gasteiger partial charge in [-0.1, -0.05) is 12.1 Å². The van der Waals surface area contributed by atoms with Gasteiger partial charge in [0.05, 0.1) is 0 Å². The van der Waals surface area contributed by atoms with Gasteiger partial charge in [-0.25, -0.2) is 0 Å². The maximum Gasteiger partial charge on any atom is 0.148 e. The molecule has 1 aromatic carbocycles. The molecule has 17 heavy (non-hydrogen) atoms. The molecule has 0 aliphatic heterocycles. The van der Waals surface area contributed by atoms with Crippen molar-refractivity contribution in [1.82, 2.24) is 9.78 Å². The molecule has 0 aliphatic rings. The van der Waals surface area contributed by atoms with Crippen molar-refractivity contribution in [3.8, 4) is 0 Å². The third-order valence-electron chi connectivity index (χ3n) is 2.69. The van der Waals surface area contributed by atoms with Gasteiger partial charge in [-0.15, -0.1) is 11.8 Å². The molecule has 0 bridgehead atoms. The van der Waals surface area contributed by atoms with E-state index in [1.807, 2.05) is 19.3 Å². The van der Waals surface area contributed by atoms with Gasteiger partial charge in [0.2, 0.25) is 0 Å². The molecule has 2 aromatic rings. The van der Waals surface area contributed by atoms with Gasteiger partial charge >= 0.3 is 0 Å². The molecular weight excluding hydrogens is 230 g/mol. The topological polar surface area (TPSA) is 29.9 Å². The first-order chi connectivity index (χ1) is 8.19. The lowest BCUT2D eigenvalue weighted by Gasteiger charge is -2.13. The molecule has 90 valence electrons. The van der Waals surface area contributed by atoms with E-state index in [0.29, 0.717) is 0 Å². The summed E-state index contributed by atoms with van der Waals surface area (Å²) in [5, 5.41) is 7.69. The maximum absolute atomic E-state index is 4.31. The summed E-state index contributed by atoms with van der Waals surface area (Å²) in [5.41, 5.74) is 1.27. The fraction of sp³-hybridized carbons (Fsp3) is 0.308. The van der Waals surface area contributed by atoms with E-state index in [2.05, 4.69) is 47.9 Å². The van der Waals surface area contributed by atoms with Crippen molar-refractivity contribution in [3.63, 3.8) is 0 Å². The van der Waals surface area contributed by atoms with Gasteiger partial charge in [0.25, 0.3) is 0 Å². The Bertz CT molecular complexity index is 476. The molecule has 3 nitrogen and oxygen atoms in total. The zero-order valence-electron chi connectivity index (χ0n) is 10.3. The Morgan fingerprint density at radius 2 is 1.94 bits per heavy atom. The average Bonchev–Trinajstić information content (AvgIpc) is 2.75. The number of aromatic nitrogens is 2. The van der Waals surface area contributed by atoms with Crippen molar-refractivity contribution in [2.45, 2.75) is 17.9 Å². The number of nitrogens with zero attached hydrogens (tertiary/aromatic N) is 2. The minimum atomic E-state index is 0.265. The van der Waals surface area contributed by atoms with Crippen molar-refractivity contribution in [1.29, 1.82) is 0 Å². The molecule has 0 fully saturated rings. The van der Waals surface area contributed by atoms with Crippen LogP contribution < -0.4 is 5.32 Å². The van der Waals surface area contributed by atoms with Crippen LogP contribution in [0.2, 0.25) is 0 Å². The Balaban J connectivity index is 2.06. The monoisotopic (exact) mass is 247 g/mol. The van der Waals surface area contributed by atoms with Crippen LogP contribution in [-0.2, 0) is 7.05 Å². The number of hydrogen-bond donors (Lipinski definition) is 1. The van der Waals surface area contributed by atoms with Crippen molar-refractivity contribution >= 4 is 17.6 Å². The number of anilines is 1. The fourth-order valence-electron chi connectivity index (χ4n) is 1.69. The van der Waals surface area contributed by atoms with E-state index in [4.69, 9.17) is 0 Å². The Morgan fingerprint density at radius 1 is 1.24 bits per heavy atom. The van der Waals surface area contributed by atoms with E-state index >= 15 is 0 Å². The summed E-state index contributed by atoms with van der Waals surface area (Å²) in [6, 6.07) is 10.9. The summed E-state index contributed by atoms with van der Waals surface area (Å²) in [7, 11) is 1.92. The first-order valence-corrected chi connectivity index (χ1v) is 6.81. The second kappa shape index (κ2) is 5.27. The van der Waals surface area contributed by atoms with Gasteiger partial charge in [-0.2, -0.15) is 5.10 Å². The van der Waals surface area contributed by atoms with Gasteiger partial charge in [0.15, 0.2) is 0 Å². The van der Waals surface area contributed by atoms with Crippen molar-refractivity contribution < 1.29 is 0 Å². The van der Waals surface area contributed by atoms with E-state index in [9.17, 15) is 0 Å². The zero-order chi connectivity index (χ0) is 12.3. The summed E-state index contributed by atoms with van der Waals surface area (Å²) in [4.78, 5) is 1.29. The smallest absolute Gasteiger partial charge is 0.148 e. The van der Waals surface area contributed by atoms with E-state index in [1.54, 1.807) is 16.4 Å². The van der Waals surface area contributed by atoms with E-state index < -0.39 is 0 Å². The van der Waals surface area contributed by atoms with E-state index in [1.165, 1.54) is 10.5 Å². The number of rotatable bonds is 4. The molecule has 1 unspecified atom stereocenters. The third-order valence-corrected chi connectivity index (χ3v) is 3.44. The summed E-state index contributed by atoms with van der Waals surface area (Å²) in [6.45, 7) is 2.14. The number of nitrogens with one attached hydrogen (secondary N) is 1. The van der Waals surface area contributed by atoms with Crippen LogP contribution in [-0.4, -0.2) is 16.0 Å². The van der Waals surface area contributed by atoms with E-state index in [0.717, 1.165) is 5.82 Å². The average molecular weight is 247 g/mol. The Morgan fingerprint density at radius 3 is 2.47 bits per heavy atom. The highest BCUT2D eigenvalue weighted by Gasteiger charge is 2.06. The predicted octanol–water partition coefficient (Wildman–Crippen LogP) is 3.32. The Kier molecular flexibility index (Phi) is 3.74. The molecular formula is C13H17N3S. The minimum Gasteiger partial charge on any atom is -0.362 e. The van der Waals surface area contributed by atoms with Crippen LogP contribution in [0.3, 0.4) is 0 Å². The number of thioether (sulfide) groups is 1. The van der Waals surface area contributed by atoms with Crippen molar-refractivity contribution in [3.05, 3.63) is 42.1 Å². The second-order valence-corrected chi connectivity index (χ2v) is 4.89. The van der Waals surface area contributed by atoms with E-state index in [-0.39, 0.29) is 6.04 Å².